The Morgan fingerprint density at radius 2 is 1.05 bits per heavy atom. The van der Waals surface area contributed by atoms with Gasteiger partial charge in [-0.2, -0.15) is 0 Å². The fourth-order valence-corrected chi connectivity index (χ4v) is 6.15. The van der Waals surface area contributed by atoms with E-state index in [9.17, 15) is 10.2 Å². The Labute approximate surface area is 239 Å². The third-order valence-corrected chi connectivity index (χ3v) is 9.33. The first-order valence-electron chi connectivity index (χ1n) is 13.4. The van der Waals surface area contributed by atoms with Crippen LogP contribution in [0.3, 0.4) is 0 Å². The molecule has 2 saturated carbocycles. The van der Waals surface area contributed by atoms with Gasteiger partial charge in [-0.1, -0.05) is 88.0 Å². The molecule has 0 saturated heterocycles. The summed E-state index contributed by atoms with van der Waals surface area (Å²) in [6, 6.07) is 15.8. The number of aliphatic hydroxyl groups excluding tert-OH is 2. The van der Waals surface area contributed by atoms with Gasteiger partial charge in [-0.05, 0) is 72.9 Å². The Balaban J connectivity index is 0.000000253. The van der Waals surface area contributed by atoms with Gasteiger partial charge in [-0.15, -0.1) is 0 Å². The van der Waals surface area contributed by atoms with Crippen molar-refractivity contribution in [2.75, 3.05) is 0 Å². The first-order chi connectivity index (χ1) is 16.9. The SMILES string of the molecule is CC(C)[C@@H](O)[C@H](N)C1(c2ccc(Cl)cc2)CCC1.CC(C)[C@@H](O)[C@H]([NH3+])C1(c2ccc(Cl)cc2)CCC1.[Cl-]. The molecule has 2 aromatic carbocycles. The van der Waals surface area contributed by atoms with Gasteiger partial charge in [-0.25, -0.2) is 0 Å². The van der Waals surface area contributed by atoms with E-state index in [4.69, 9.17) is 28.9 Å². The van der Waals surface area contributed by atoms with Crippen LogP contribution in [0.15, 0.2) is 48.5 Å². The third-order valence-electron chi connectivity index (χ3n) is 8.82. The normalized spacial score (nSPS) is 20.9. The summed E-state index contributed by atoms with van der Waals surface area (Å²) in [4.78, 5) is 0. The topological polar surface area (TPSA) is 94.1 Å². The summed E-state index contributed by atoms with van der Waals surface area (Å²) < 4.78 is 0. The first kappa shape index (κ1) is 32.4. The van der Waals surface area contributed by atoms with E-state index in [-0.39, 0.29) is 53.3 Å². The van der Waals surface area contributed by atoms with Gasteiger partial charge in [-0.3, -0.25) is 0 Å². The predicted molar refractivity (Wildman–Crippen MR) is 150 cm³/mol. The second-order valence-corrected chi connectivity index (χ2v) is 12.5. The first-order valence-corrected chi connectivity index (χ1v) is 14.2. The molecule has 0 unspecified atom stereocenters. The van der Waals surface area contributed by atoms with Crippen LogP contribution in [0.1, 0.15) is 77.3 Å². The number of aliphatic hydroxyl groups is 2. The van der Waals surface area contributed by atoms with Gasteiger partial charge in [0, 0.05) is 26.9 Å². The second kappa shape index (κ2) is 13.5. The summed E-state index contributed by atoms with van der Waals surface area (Å²) in [5.74, 6) is 0.432. The average Bonchev–Trinajstić information content (AvgIpc) is 2.79. The summed E-state index contributed by atoms with van der Waals surface area (Å²) in [6.07, 6.45) is 5.95. The molecule has 2 aliphatic carbocycles. The maximum Gasteiger partial charge on any atom is 0.121 e. The molecule has 0 aromatic heterocycles. The molecule has 7 heteroatoms. The van der Waals surface area contributed by atoms with E-state index in [2.05, 4.69) is 43.8 Å². The van der Waals surface area contributed by atoms with Crippen LogP contribution in [0.2, 0.25) is 10.0 Å². The standard InChI is InChI=1S/2C15H22ClNO.ClH/c2*1-10(2)13(18)14(17)15(8-3-9-15)11-4-6-12(16)7-5-11;/h2*4-7,10,13-14,18H,3,8-9,17H2,1-2H3;1H/t2*13-,14+;/m11./s1. The summed E-state index contributed by atoms with van der Waals surface area (Å²) in [5, 5.41) is 22.1. The van der Waals surface area contributed by atoms with E-state index < -0.39 is 6.10 Å². The van der Waals surface area contributed by atoms with Gasteiger partial charge >= 0.3 is 0 Å². The van der Waals surface area contributed by atoms with Gasteiger partial charge < -0.3 is 34.1 Å². The number of rotatable bonds is 8. The van der Waals surface area contributed by atoms with E-state index in [0.29, 0.717) is 0 Å². The van der Waals surface area contributed by atoms with E-state index in [1.165, 1.54) is 24.0 Å². The molecule has 4 atom stereocenters. The molecule has 4 rings (SSSR count). The average molecular weight is 572 g/mol. The van der Waals surface area contributed by atoms with E-state index >= 15 is 0 Å². The van der Waals surface area contributed by atoms with Crippen molar-refractivity contribution >= 4 is 23.2 Å². The number of nitrogens with two attached hydrogens (primary N) is 1. The van der Waals surface area contributed by atoms with Gasteiger partial charge in [0.05, 0.1) is 6.10 Å². The zero-order chi connectivity index (χ0) is 26.7. The van der Waals surface area contributed by atoms with Gasteiger partial charge in [0.15, 0.2) is 0 Å². The van der Waals surface area contributed by atoms with Gasteiger partial charge in [0.25, 0.3) is 0 Å². The molecule has 2 aliphatic rings. The van der Waals surface area contributed by atoms with Crippen LogP contribution in [0, 0.1) is 11.8 Å². The summed E-state index contributed by atoms with van der Waals surface area (Å²) >= 11 is 11.9. The Kier molecular flexibility index (Phi) is 11.8. The molecule has 0 radical (unpaired) electrons. The molecule has 0 aliphatic heterocycles. The molecule has 37 heavy (non-hydrogen) atoms. The lowest BCUT2D eigenvalue weighted by atomic mass is 9.58. The molecular formula is C30H45Cl3N2O2. The maximum absolute atomic E-state index is 10.3. The van der Waals surface area contributed by atoms with Crippen molar-refractivity contribution < 1.29 is 28.4 Å². The monoisotopic (exact) mass is 570 g/mol. The van der Waals surface area contributed by atoms with Crippen LogP contribution in [0.4, 0.5) is 0 Å². The molecule has 208 valence electrons. The van der Waals surface area contributed by atoms with E-state index in [1.54, 1.807) is 0 Å². The molecular weight excluding hydrogens is 527 g/mol. The van der Waals surface area contributed by atoms with E-state index in [0.717, 1.165) is 35.7 Å². The zero-order valence-corrected chi connectivity index (χ0v) is 24.9. The lowest BCUT2D eigenvalue weighted by Gasteiger charge is -2.49. The largest absolute Gasteiger partial charge is 1.00 e. The van der Waals surface area contributed by atoms with Gasteiger partial charge in [0.1, 0.15) is 12.1 Å². The fourth-order valence-electron chi connectivity index (χ4n) is 5.90. The van der Waals surface area contributed by atoms with Crippen LogP contribution >= 0.6 is 23.2 Å². The maximum atomic E-state index is 10.3. The fraction of sp³-hybridized carbons (Fsp3) is 0.600. The van der Waals surface area contributed by atoms with Crippen LogP contribution in [0.25, 0.3) is 0 Å². The van der Waals surface area contributed by atoms with Crippen LogP contribution in [-0.2, 0) is 10.8 Å². The minimum atomic E-state index is -0.457. The molecule has 2 aromatic rings. The summed E-state index contributed by atoms with van der Waals surface area (Å²) in [6.45, 7) is 8.13. The highest BCUT2D eigenvalue weighted by Gasteiger charge is 2.50. The minimum Gasteiger partial charge on any atom is -1.00 e. The molecule has 2 fully saturated rings. The minimum absolute atomic E-state index is 0. The number of hydrogen-bond donors (Lipinski definition) is 4. The van der Waals surface area contributed by atoms with Crippen molar-refractivity contribution in [1.29, 1.82) is 0 Å². The van der Waals surface area contributed by atoms with Gasteiger partial charge in [0.2, 0.25) is 0 Å². The molecule has 0 bridgehead atoms. The van der Waals surface area contributed by atoms with Crippen molar-refractivity contribution in [3.63, 3.8) is 0 Å². The number of hydrogen-bond acceptors (Lipinski definition) is 3. The predicted octanol–water partition coefficient (Wildman–Crippen LogP) is 2.50. The zero-order valence-electron chi connectivity index (χ0n) is 22.6. The highest BCUT2D eigenvalue weighted by molar-refractivity contribution is 6.30. The van der Waals surface area contributed by atoms with Crippen molar-refractivity contribution in [2.45, 2.75) is 101 Å². The Morgan fingerprint density at radius 3 is 1.35 bits per heavy atom. The lowest BCUT2D eigenvalue weighted by Crippen LogP contribution is -3.00. The second-order valence-electron chi connectivity index (χ2n) is 11.6. The summed E-state index contributed by atoms with van der Waals surface area (Å²) in [5.41, 5.74) is 13.1. The van der Waals surface area contributed by atoms with Crippen LogP contribution in [0.5, 0.6) is 0 Å². The van der Waals surface area contributed by atoms with Crippen molar-refractivity contribution in [3.05, 3.63) is 69.7 Å². The molecule has 0 amide bonds. The highest BCUT2D eigenvalue weighted by atomic mass is 35.5. The van der Waals surface area contributed by atoms with Crippen molar-refractivity contribution in [2.24, 2.45) is 17.6 Å². The highest BCUT2D eigenvalue weighted by Crippen LogP contribution is 2.48. The van der Waals surface area contributed by atoms with Crippen LogP contribution < -0.4 is 23.9 Å². The number of halogens is 3. The van der Waals surface area contributed by atoms with Crippen molar-refractivity contribution in [3.8, 4) is 0 Å². The molecule has 7 N–H and O–H groups in total. The molecule has 0 spiro atoms. The number of benzene rings is 2. The molecule has 4 nitrogen and oxygen atoms in total. The summed E-state index contributed by atoms with van der Waals surface area (Å²) in [7, 11) is 0. The van der Waals surface area contributed by atoms with Crippen molar-refractivity contribution in [1.82, 2.24) is 0 Å². The van der Waals surface area contributed by atoms with E-state index in [1.807, 2.05) is 38.1 Å². The lowest BCUT2D eigenvalue weighted by molar-refractivity contribution is -0.463. The Morgan fingerprint density at radius 1 is 0.703 bits per heavy atom. The quantitative estimate of drug-likeness (QED) is 0.392. The molecule has 0 heterocycles. The Hall–Kier alpha value is -0.850. The number of quaternary nitrogens is 1. The third kappa shape index (κ3) is 6.84. The van der Waals surface area contributed by atoms with Crippen LogP contribution in [-0.4, -0.2) is 34.5 Å². The Bertz CT molecular complexity index is 878. The smallest absolute Gasteiger partial charge is 0.121 e.